The molecule has 1 amide bonds. The molecule has 0 aliphatic heterocycles. The number of amides is 1. The Bertz CT molecular complexity index is 633. The highest BCUT2D eigenvalue weighted by atomic mass is 35.5. The standard InChI is InChI=1S/C18H22ClNO4/c1-23-16-5-4-14(19)9-15(16)20-17(21)10-24-18(22)8-13-7-11-2-3-12(13)6-11/h4-5,9,11-13H,2-3,6-8,10H2,1H3,(H,20,21)/t11-,12-,13+/m1/s1. The van der Waals surface area contributed by atoms with Crippen molar-refractivity contribution in [2.45, 2.75) is 32.1 Å². The fraction of sp³-hybridized carbons (Fsp3) is 0.556. The second-order valence-corrected chi connectivity index (χ2v) is 7.13. The van der Waals surface area contributed by atoms with Crippen molar-refractivity contribution in [1.29, 1.82) is 0 Å². The summed E-state index contributed by atoms with van der Waals surface area (Å²) in [4.78, 5) is 23.9. The molecule has 0 radical (unpaired) electrons. The molecule has 0 spiro atoms. The van der Waals surface area contributed by atoms with Gasteiger partial charge in [0.05, 0.1) is 12.8 Å². The van der Waals surface area contributed by atoms with Gasteiger partial charge in [0.25, 0.3) is 5.91 Å². The lowest BCUT2D eigenvalue weighted by molar-refractivity contribution is -0.148. The van der Waals surface area contributed by atoms with E-state index in [0.717, 1.165) is 12.3 Å². The number of halogens is 1. The van der Waals surface area contributed by atoms with Gasteiger partial charge in [0.15, 0.2) is 6.61 Å². The quantitative estimate of drug-likeness (QED) is 0.794. The molecular formula is C18H22ClNO4. The van der Waals surface area contributed by atoms with E-state index in [1.54, 1.807) is 18.2 Å². The SMILES string of the molecule is COc1ccc(Cl)cc1NC(=O)COC(=O)C[C@@H]1C[C@@H]2CC[C@@H]1C2. The molecule has 24 heavy (non-hydrogen) atoms. The van der Waals surface area contributed by atoms with Crippen LogP contribution in [0.2, 0.25) is 5.02 Å². The predicted octanol–water partition coefficient (Wildman–Crippen LogP) is 3.66. The molecule has 2 aliphatic rings. The van der Waals surface area contributed by atoms with Crippen LogP contribution >= 0.6 is 11.6 Å². The minimum Gasteiger partial charge on any atom is -0.495 e. The molecule has 2 aliphatic carbocycles. The van der Waals surface area contributed by atoms with E-state index >= 15 is 0 Å². The second-order valence-electron chi connectivity index (χ2n) is 6.69. The van der Waals surface area contributed by atoms with Crippen LogP contribution in [-0.4, -0.2) is 25.6 Å². The van der Waals surface area contributed by atoms with Gasteiger partial charge >= 0.3 is 5.97 Å². The van der Waals surface area contributed by atoms with E-state index < -0.39 is 5.91 Å². The van der Waals surface area contributed by atoms with Crippen molar-refractivity contribution in [2.24, 2.45) is 17.8 Å². The summed E-state index contributed by atoms with van der Waals surface area (Å²) in [5, 5.41) is 3.14. The third kappa shape index (κ3) is 4.01. The first-order valence-corrected chi connectivity index (χ1v) is 8.72. The van der Waals surface area contributed by atoms with Crippen LogP contribution in [0.1, 0.15) is 32.1 Å². The van der Waals surface area contributed by atoms with Crippen LogP contribution < -0.4 is 10.1 Å². The monoisotopic (exact) mass is 351 g/mol. The van der Waals surface area contributed by atoms with Gasteiger partial charge in [-0.1, -0.05) is 18.0 Å². The third-order valence-electron chi connectivity index (χ3n) is 5.11. The number of hydrogen-bond donors (Lipinski definition) is 1. The number of methoxy groups -OCH3 is 1. The zero-order chi connectivity index (χ0) is 17.1. The van der Waals surface area contributed by atoms with Gasteiger partial charge in [-0.15, -0.1) is 0 Å². The molecule has 0 aromatic heterocycles. The maximum atomic E-state index is 12.0. The molecule has 3 atom stereocenters. The van der Waals surface area contributed by atoms with E-state index in [-0.39, 0.29) is 12.6 Å². The number of benzene rings is 1. The number of anilines is 1. The van der Waals surface area contributed by atoms with Gasteiger partial charge in [-0.2, -0.15) is 0 Å². The number of nitrogens with one attached hydrogen (secondary N) is 1. The first kappa shape index (κ1) is 17.1. The Morgan fingerprint density at radius 1 is 1.29 bits per heavy atom. The van der Waals surface area contributed by atoms with E-state index in [2.05, 4.69) is 5.32 Å². The fourth-order valence-corrected chi connectivity index (χ4v) is 4.18. The lowest BCUT2D eigenvalue weighted by atomic mass is 9.86. The Balaban J connectivity index is 1.45. The highest BCUT2D eigenvalue weighted by molar-refractivity contribution is 6.31. The molecule has 0 heterocycles. The lowest BCUT2D eigenvalue weighted by Crippen LogP contribution is -2.23. The number of rotatable bonds is 6. The molecular weight excluding hydrogens is 330 g/mol. The molecule has 130 valence electrons. The van der Waals surface area contributed by atoms with Gasteiger partial charge in [0, 0.05) is 11.4 Å². The number of fused-ring (bicyclic) bond motifs is 2. The Kier molecular flexibility index (Phi) is 5.29. The molecule has 6 heteroatoms. The molecule has 0 unspecified atom stereocenters. The summed E-state index contributed by atoms with van der Waals surface area (Å²) in [5.74, 6) is 1.71. The number of carbonyl (C=O) groups excluding carboxylic acids is 2. The van der Waals surface area contributed by atoms with Gasteiger partial charge in [0.1, 0.15) is 5.75 Å². The number of hydrogen-bond acceptors (Lipinski definition) is 4. The van der Waals surface area contributed by atoms with Crippen LogP contribution in [-0.2, 0) is 14.3 Å². The van der Waals surface area contributed by atoms with Crippen molar-refractivity contribution in [3.05, 3.63) is 23.2 Å². The van der Waals surface area contributed by atoms with Crippen molar-refractivity contribution in [3.8, 4) is 5.75 Å². The van der Waals surface area contributed by atoms with Gasteiger partial charge in [-0.25, -0.2) is 0 Å². The van der Waals surface area contributed by atoms with E-state index in [9.17, 15) is 9.59 Å². The minimum absolute atomic E-state index is 0.291. The average Bonchev–Trinajstić information content (AvgIpc) is 3.16. The molecule has 1 N–H and O–H groups in total. The highest BCUT2D eigenvalue weighted by Crippen LogP contribution is 2.49. The van der Waals surface area contributed by atoms with Crippen LogP contribution in [0.4, 0.5) is 5.69 Å². The van der Waals surface area contributed by atoms with Crippen molar-refractivity contribution in [2.75, 3.05) is 19.0 Å². The molecule has 0 saturated heterocycles. The third-order valence-corrected chi connectivity index (χ3v) is 5.35. The molecule has 3 rings (SSSR count). The topological polar surface area (TPSA) is 64.6 Å². The zero-order valence-electron chi connectivity index (χ0n) is 13.7. The molecule has 1 aromatic carbocycles. The Labute approximate surface area is 146 Å². The van der Waals surface area contributed by atoms with Crippen LogP contribution in [0.5, 0.6) is 5.75 Å². The Morgan fingerprint density at radius 3 is 2.79 bits per heavy atom. The maximum Gasteiger partial charge on any atom is 0.306 e. The van der Waals surface area contributed by atoms with Crippen molar-refractivity contribution >= 4 is 29.2 Å². The Hall–Kier alpha value is -1.75. The number of esters is 1. The molecule has 5 nitrogen and oxygen atoms in total. The zero-order valence-corrected chi connectivity index (χ0v) is 14.5. The Morgan fingerprint density at radius 2 is 2.12 bits per heavy atom. The van der Waals surface area contributed by atoms with Crippen molar-refractivity contribution < 1.29 is 19.1 Å². The largest absolute Gasteiger partial charge is 0.495 e. The summed E-state index contributed by atoms with van der Waals surface area (Å²) in [5.41, 5.74) is 0.458. The van der Waals surface area contributed by atoms with Gasteiger partial charge in [0.2, 0.25) is 0 Å². The molecule has 2 saturated carbocycles. The first-order chi connectivity index (χ1) is 11.5. The normalized spacial score (nSPS) is 24.7. The molecule has 2 fully saturated rings. The van der Waals surface area contributed by atoms with Crippen LogP contribution in [0.15, 0.2) is 18.2 Å². The number of ether oxygens (including phenoxy) is 2. The minimum atomic E-state index is -0.406. The average molecular weight is 352 g/mol. The van der Waals surface area contributed by atoms with E-state index in [1.807, 2.05) is 0 Å². The van der Waals surface area contributed by atoms with Gasteiger partial charge in [-0.3, -0.25) is 9.59 Å². The summed E-state index contributed by atoms with van der Waals surface area (Å²) in [6, 6.07) is 4.93. The van der Waals surface area contributed by atoms with Gasteiger partial charge < -0.3 is 14.8 Å². The fourth-order valence-electron chi connectivity index (χ4n) is 4.01. The molecule has 2 bridgehead atoms. The van der Waals surface area contributed by atoms with Crippen molar-refractivity contribution in [1.82, 2.24) is 0 Å². The summed E-state index contributed by atoms with van der Waals surface area (Å²) < 4.78 is 10.3. The van der Waals surface area contributed by atoms with Gasteiger partial charge in [-0.05, 0) is 55.2 Å². The van der Waals surface area contributed by atoms with Crippen LogP contribution in [0.3, 0.4) is 0 Å². The first-order valence-electron chi connectivity index (χ1n) is 8.34. The predicted molar refractivity (Wildman–Crippen MR) is 91.1 cm³/mol. The smallest absolute Gasteiger partial charge is 0.306 e. The summed E-state index contributed by atoms with van der Waals surface area (Å²) in [6.07, 6.45) is 5.35. The highest BCUT2D eigenvalue weighted by Gasteiger charge is 2.40. The lowest BCUT2D eigenvalue weighted by Gasteiger charge is -2.20. The summed E-state index contributed by atoms with van der Waals surface area (Å²) >= 11 is 5.92. The molecule has 1 aromatic rings. The second kappa shape index (κ2) is 7.43. The van der Waals surface area contributed by atoms with E-state index in [0.29, 0.717) is 34.7 Å². The van der Waals surface area contributed by atoms with Crippen LogP contribution in [0.25, 0.3) is 0 Å². The van der Waals surface area contributed by atoms with E-state index in [1.165, 1.54) is 26.4 Å². The van der Waals surface area contributed by atoms with E-state index in [4.69, 9.17) is 21.1 Å². The number of carbonyl (C=O) groups is 2. The maximum absolute atomic E-state index is 12.0. The van der Waals surface area contributed by atoms with Crippen LogP contribution in [0, 0.1) is 17.8 Å². The summed E-state index contributed by atoms with van der Waals surface area (Å²) in [6.45, 7) is -0.296. The van der Waals surface area contributed by atoms with Crippen molar-refractivity contribution in [3.63, 3.8) is 0 Å². The summed E-state index contributed by atoms with van der Waals surface area (Å²) in [7, 11) is 1.51.